The van der Waals surface area contributed by atoms with Crippen molar-refractivity contribution >= 4 is 17.2 Å². The van der Waals surface area contributed by atoms with Gasteiger partial charge in [0.1, 0.15) is 11.0 Å². The molecule has 3 heteroatoms. The van der Waals surface area contributed by atoms with E-state index in [0.29, 0.717) is 5.15 Å². The summed E-state index contributed by atoms with van der Waals surface area (Å²) in [5.41, 5.74) is 4.07. The topological polar surface area (TPSA) is 12.9 Å². The van der Waals surface area contributed by atoms with Crippen LogP contribution in [0.4, 0.5) is 4.39 Å². The zero-order chi connectivity index (χ0) is 11.8. The summed E-state index contributed by atoms with van der Waals surface area (Å²) in [4.78, 5) is 4.34. The molecule has 0 bridgehead atoms. The van der Waals surface area contributed by atoms with Gasteiger partial charge in [0.2, 0.25) is 0 Å². The minimum Gasteiger partial charge on any atom is -0.236 e. The van der Waals surface area contributed by atoms with Gasteiger partial charge in [-0.25, -0.2) is 9.37 Å². The number of hydrogen-bond acceptors (Lipinski definition) is 1. The highest BCUT2D eigenvalue weighted by Crippen LogP contribution is 2.32. The van der Waals surface area contributed by atoms with E-state index in [1.165, 1.54) is 12.1 Å². The van der Waals surface area contributed by atoms with Crippen molar-refractivity contribution in [3.63, 3.8) is 0 Å². The van der Waals surface area contributed by atoms with Crippen LogP contribution in [0.5, 0.6) is 0 Å². The first kappa shape index (κ1) is 10.5. The van der Waals surface area contributed by atoms with Gasteiger partial charge in [0.15, 0.2) is 0 Å². The highest BCUT2D eigenvalue weighted by atomic mass is 35.5. The van der Waals surface area contributed by atoms with Gasteiger partial charge in [0, 0.05) is 5.57 Å². The first-order chi connectivity index (χ1) is 8.24. The Morgan fingerprint density at radius 3 is 2.59 bits per heavy atom. The molecule has 1 aliphatic carbocycles. The van der Waals surface area contributed by atoms with Crippen molar-refractivity contribution in [3.8, 4) is 0 Å². The van der Waals surface area contributed by atoms with Crippen LogP contribution in [-0.4, -0.2) is 4.98 Å². The van der Waals surface area contributed by atoms with Gasteiger partial charge in [-0.05, 0) is 35.7 Å². The van der Waals surface area contributed by atoms with E-state index in [-0.39, 0.29) is 5.82 Å². The van der Waals surface area contributed by atoms with Crippen LogP contribution in [0.3, 0.4) is 0 Å². The molecule has 0 saturated carbocycles. The van der Waals surface area contributed by atoms with Gasteiger partial charge in [0.25, 0.3) is 0 Å². The lowest BCUT2D eigenvalue weighted by atomic mass is 10.0. The molecule has 0 aliphatic heterocycles. The summed E-state index contributed by atoms with van der Waals surface area (Å²) >= 11 is 5.90. The lowest BCUT2D eigenvalue weighted by Gasteiger charge is -2.05. The lowest BCUT2D eigenvalue weighted by Crippen LogP contribution is -1.92. The Labute approximate surface area is 104 Å². The van der Waals surface area contributed by atoms with Gasteiger partial charge in [-0.3, -0.25) is 0 Å². The summed E-state index contributed by atoms with van der Waals surface area (Å²) in [6.07, 6.45) is 2.95. The van der Waals surface area contributed by atoms with Crippen molar-refractivity contribution in [2.45, 2.75) is 6.42 Å². The summed E-state index contributed by atoms with van der Waals surface area (Å²) < 4.78 is 12.9. The van der Waals surface area contributed by atoms with Crippen LogP contribution in [0.25, 0.3) is 5.57 Å². The Bertz CT molecular complexity index is 602. The second kappa shape index (κ2) is 3.97. The van der Waals surface area contributed by atoms with Crippen LogP contribution >= 0.6 is 11.6 Å². The van der Waals surface area contributed by atoms with E-state index in [2.05, 4.69) is 11.1 Å². The molecule has 0 atom stereocenters. The van der Waals surface area contributed by atoms with Crippen LogP contribution < -0.4 is 0 Å². The Kier molecular flexibility index (Phi) is 2.45. The van der Waals surface area contributed by atoms with Crippen LogP contribution in [0, 0.1) is 5.82 Å². The third-order valence-corrected chi connectivity index (χ3v) is 3.09. The molecule has 0 amide bonds. The fourth-order valence-electron chi connectivity index (χ4n) is 2.05. The summed E-state index contributed by atoms with van der Waals surface area (Å²) in [6.45, 7) is 0. The number of hydrogen-bond donors (Lipinski definition) is 0. The van der Waals surface area contributed by atoms with E-state index in [4.69, 9.17) is 11.6 Å². The van der Waals surface area contributed by atoms with Crippen molar-refractivity contribution in [2.24, 2.45) is 0 Å². The first-order valence-electron chi connectivity index (χ1n) is 5.36. The molecule has 1 nitrogen and oxygen atoms in total. The number of allylic oxidation sites excluding steroid dienone is 1. The third-order valence-electron chi connectivity index (χ3n) is 2.88. The highest BCUT2D eigenvalue weighted by Gasteiger charge is 2.17. The molecule has 0 unspecified atom stereocenters. The number of nitrogens with zero attached hydrogens (tertiary/aromatic N) is 1. The Balaban J connectivity index is 2.08. The fraction of sp³-hybridized carbons (Fsp3) is 0.0714. The van der Waals surface area contributed by atoms with Gasteiger partial charge in [0.05, 0.1) is 5.69 Å². The Morgan fingerprint density at radius 1 is 1.06 bits per heavy atom. The van der Waals surface area contributed by atoms with E-state index in [1.807, 2.05) is 6.07 Å². The number of fused-ring (bicyclic) bond motifs is 1. The second-order valence-electron chi connectivity index (χ2n) is 3.97. The maximum Gasteiger partial charge on any atom is 0.129 e. The largest absolute Gasteiger partial charge is 0.236 e. The number of rotatable bonds is 1. The molecule has 17 heavy (non-hydrogen) atoms. The number of pyridine rings is 1. The zero-order valence-electron chi connectivity index (χ0n) is 8.95. The lowest BCUT2D eigenvalue weighted by molar-refractivity contribution is 0.627. The monoisotopic (exact) mass is 245 g/mol. The smallest absolute Gasteiger partial charge is 0.129 e. The van der Waals surface area contributed by atoms with Crippen molar-refractivity contribution in [2.75, 3.05) is 0 Å². The molecule has 1 aromatic carbocycles. The zero-order valence-corrected chi connectivity index (χ0v) is 9.71. The highest BCUT2D eigenvalue weighted by molar-refractivity contribution is 6.29. The predicted octanol–water partition coefficient (Wildman–Crippen LogP) is 3.86. The number of aromatic nitrogens is 1. The van der Waals surface area contributed by atoms with Crippen molar-refractivity contribution in [1.82, 2.24) is 4.98 Å². The fourth-order valence-corrected chi connectivity index (χ4v) is 2.20. The molecular weight excluding hydrogens is 237 g/mol. The van der Waals surface area contributed by atoms with E-state index < -0.39 is 0 Å². The van der Waals surface area contributed by atoms with Crippen molar-refractivity contribution < 1.29 is 4.39 Å². The maximum absolute atomic E-state index is 12.9. The molecule has 3 rings (SSSR count). The summed E-state index contributed by atoms with van der Waals surface area (Å²) in [6, 6.07) is 10.2. The molecule has 1 aliphatic rings. The summed E-state index contributed by atoms with van der Waals surface area (Å²) in [5, 5.41) is 0.485. The van der Waals surface area contributed by atoms with Crippen LogP contribution in [0.2, 0.25) is 5.15 Å². The Morgan fingerprint density at radius 2 is 1.82 bits per heavy atom. The normalized spacial score (nSPS) is 13.4. The maximum atomic E-state index is 12.9. The van der Waals surface area contributed by atoms with Crippen molar-refractivity contribution in [1.29, 1.82) is 0 Å². The SMILES string of the molecule is Fc1ccc(C2=CCc3ccc(Cl)nc32)cc1. The van der Waals surface area contributed by atoms with Crippen LogP contribution in [0.15, 0.2) is 42.5 Å². The quantitative estimate of drug-likeness (QED) is 0.695. The van der Waals surface area contributed by atoms with E-state index in [1.54, 1.807) is 18.2 Å². The molecule has 0 radical (unpaired) electrons. The molecule has 84 valence electrons. The van der Waals surface area contributed by atoms with E-state index >= 15 is 0 Å². The number of halogens is 2. The van der Waals surface area contributed by atoms with Gasteiger partial charge in [-0.2, -0.15) is 0 Å². The first-order valence-corrected chi connectivity index (χ1v) is 5.74. The predicted molar refractivity (Wildman–Crippen MR) is 66.4 cm³/mol. The van der Waals surface area contributed by atoms with Crippen LogP contribution in [-0.2, 0) is 6.42 Å². The van der Waals surface area contributed by atoms with Gasteiger partial charge < -0.3 is 0 Å². The summed E-state index contributed by atoms with van der Waals surface area (Å²) in [5.74, 6) is -0.230. The molecule has 0 fully saturated rings. The number of benzene rings is 1. The summed E-state index contributed by atoms with van der Waals surface area (Å²) in [7, 11) is 0. The molecular formula is C14H9ClFN. The van der Waals surface area contributed by atoms with Gasteiger partial charge in [-0.15, -0.1) is 0 Å². The average molecular weight is 246 g/mol. The molecule has 1 aromatic heterocycles. The third kappa shape index (κ3) is 1.85. The van der Waals surface area contributed by atoms with Gasteiger partial charge >= 0.3 is 0 Å². The molecule has 1 heterocycles. The van der Waals surface area contributed by atoms with Gasteiger partial charge in [-0.1, -0.05) is 35.9 Å². The van der Waals surface area contributed by atoms with E-state index in [0.717, 1.165) is 28.8 Å². The molecule has 0 N–H and O–H groups in total. The molecule has 2 aromatic rings. The second-order valence-corrected chi connectivity index (χ2v) is 4.36. The standard InChI is InChI=1S/C14H9ClFN/c15-13-8-4-10-3-7-12(14(10)17-13)9-1-5-11(16)6-2-9/h1-2,4-8H,3H2. The molecule has 0 spiro atoms. The molecule has 0 saturated heterocycles. The van der Waals surface area contributed by atoms with Crippen LogP contribution in [0.1, 0.15) is 16.8 Å². The Hall–Kier alpha value is -1.67. The minimum atomic E-state index is -0.230. The van der Waals surface area contributed by atoms with E-state index in [9.17, 15) is 4.39 Å². The average Bonchev–Trinajstić information content (AvgIpc) is 2.73. The van der Waals surface area contributed by atoms with Crippen molar-refractivity contribution in [3.05, 3.63) is 70.3 Å². The minimum absolute atomic E-state index is 0.230.